The lowest BCUT2D eigenvalue weighted by atomic mass is 10.1. The van der Waals surface area contributed by atoms with Crippen LogP contribution in [0.3, 0.4) is 0 Å². The number of carbonyl (C=O) groups is 2. The summed E-state index contributed by atoms with van der Waals surface area (Å²) >= 11 is 0. The molecule has 2 rings (SSSR count). The molecule has 0 aliphatic heterocycles. The number of halogens is 2. The molecule has 0 spiro atoms. The Labute approximate surface area is 137 Å². The molecule has 2 aromatic rings. The normalized spacial score (nSPS) is 9.62. The Balaban J connectivity index is 2.08. The molecule has 0 radical (unpaired) electrons. The highest BCUT2D eigenvalue weighted by Gasteiger charge is 2.15. The summed E-state index contributed by atoms with van der Waals surface area (Å²) in [4.78, 5) is 23.5. The van der Waals surface area contributed by atoms with Crippen molar-refractivity contribution in [2.24, 2.45) is 0 Å². The van der Waals surface area contributed by atoms with E-state index in [1.165, 1.54) is 13.1 Å². The van der Waals surface area contributed by atoms with Crippen LogP contribution in [0.5, 0.6) is 0 Å². The van der Waals surface area contributed by atoms with Gasteiger partial charge in [0, 0.05) is 12.6 Å². The predicted octanol–water partition coefficient (Wildman–Crippen LogP) is 2.11. The summed E-state index contributed by atoms with van der Waals surface area (Å²) in [7, 11) is 1.51. The van der Waals surface area contributed by atoms with Gasteiger partial charge < -0.3 is 10.6 Å². The fraction of sp³-hybridized carbons (Fsp3) is 0.111. The molecule has 122 valence electrons. The van der Waals surface area contributed by atoms with Gasteiger partial charge in [0.05, 0.1) is 12.1 Å². The van der Waals surface area contributed by atoms with Crippen molar-refractivity contribution >= 4 is 11.8 Å². The van der Waals surface area contributed by atoms with E-state index < -0.39 is 23.1 Å². The third-order valence-electron chi connectivity index (χ3n) is 3.15. The van der Waals surface area contributed by atoms with Gasteiger partial charge in [-0.25, -0.2) is 8.78 Å². The maximum atomic E-state index is 13.5. The van der Waals surface area contributed by atoms with Crippen LogP contribution in [0.15, 0.2) is 42.5 Å². The summed E-state index contributed by atoms with van der Waals surface area (Å²) in [5, 5.41) is 4.82. The van der Waals surface area contributed by atoms with Crippen molar-refractivity contribution in [3.05, 3.63) is 70.8 Å². The van der Waals surface area contributed by atoms with E-state index in [0.717, 1.165) is 12.1 Å². The summed E-state index contributed by atoms with van der Waals surface area (Å²) in [6.45, 7) is -0.116. The van der Waals surface area contributed by atoms with E-state index in [1.54, 1.807) is 24.3 Å². The molecule has 2 aromatic carbocycles. The molecule has 4 nitrogen and oxygen atoms in total. The minimum absolute atomic E-state index is 0.116. The van der Waals surface area contributed by atoms with Gasteiger partial charge in [-0.3, -0.25) is 9.59 Å². The summed E-state index contributed by atoms with van der Waals surface area (Å²) in [6, 6.07) is 9.90. The zero-order valence-electron chi connectivity index (χ0n) is 12.8. The second kappa shape index (κ2) is 7.88. The Morgan fingerprint density at radius 1 is 1.00 bits per heavy atom. The van der Waals surface area contributed by atoms with E-state index in [2.05, 4.69) is 22.5 Å². The van der Waals surface area contributed by atoms with Gasteiger partial charge in [-0.2, -0.15) is 0 Å². The van der Waals surface area contributed by atoms with Crippen molar-refractivity contribution in [3.8, 4) is 11.8 Å². The lowest BCUT2D eigenvalue weighted by Gasteiger charge is -2.04. The fourth-order valence-electron chi connectivity index (χ4n) is 1.99. The molecule has 0 unspecified atom stereocenters. The van der Waals surface area contributed by atoms with Crippen molar-refractivity contribution in [2.45, 2.75) is 0 Å². The smallest absolute Gasteiger partial charge is 0.258 e. The van der Waals surface area contributed by atoms with Gasteiger partial charge in [0.25, 0.3) is 11.8 Å². The highest BCUT2D eigenvalue weighted by Crippen LogP contribution is 2.11. The molecule has 0 atom stereocenters. The standard InChI is InChI=1S/C18H14F2N2O2/c1-21-17(23)13-8-3-2-6-12(13)7-5-11-22-18(24)16-14(19)9-4-10-15(16)20/h2-4,6,8-10H,11H2,1H3,(H,21,23)(H,22,24). The van der Waals surface area contributed by atoms with Crippen molar-refractivity contribution in [1.29, 1.82) is 0 Å². The number of rotatable bonds is 3. The minimum atomic E-state index is -0.939. The van der Waals surface area contributed by atoms with Gasteiger partial charge in [-0.15, -0.1) is 0 Å². The zero-order chi connectivity index (χ0) is 17.5. The third-order valence-corrected chi connectivity index (χ3v) is 3.15. The van der Waals surface area contributed by atoms with Crippen LogP contribution in [0.2, 0.25) is 0 Å². The van der Waals surface area contributed by atoms with Crippen LogP contribution in [0.4, 0.5) is 8.78 Å². The molecular formula is C18H14F2N2O2. The summed E-state index contributed by atoms with van der Waals surface area (Å²) in [5.74, 6) is 2.36. The number of nitrogens with one attached hydrogen (secondary N) is 2. The molecule has 6 heteroatoms. The molecule has 0 saturated carbocycles. The number of amides is 2. The average molecular weight is 328 g/mol. The molecule has 0 aliphatic carbocycles. The monoisotopic (exact) mass is 328 g/mol. The Hall–Kier alpha value is -3.20. The number of carbonyl (C=O) groups excluding carboxylic acids is 2. The van der Waals surface area contributed by atoms with E-state index in [1.807, 2.05) is 0 Å². The van der Waals surface area contributed by atoms with Gasteiger partial charge in [-0.1, -0.05) is 30.0 Å². The average Bonchev–Trinajstić information content (AvgIpc) is 2.58. The molecule has 2 N–H and O–H groups in total. The van der Waals surface area contributed by atoms with E-state index in [9.17, 15) is 18.4 Å². The van der Waals surface area contributed by atoms with Crippen molar-refractivity contribution in [1.82, 2.24) is 10.6 Å². The van der Waals surface area contributed by atoms with Gasteiger partial charge in [-0.05, 0) is 24.3 Å². The first-order valence-electron chi connectivity index (χ1n) is 7.06. The maximum Gasteiger partial charge on any atom is 0.258 e. The summed E-state index contributed by atoms with van der Waals surface area (Å²) in [5.41, 5.74) is 0.243. The predicted molar refractivity (Wildman–Crippen MR) is 85.4 cm³/mol. The first-order chi connectivity index (χ1) is 11.5. The Morgan fingerprint density at radius 3 is 2.33 bits per heavy atom. The quantitative estimate of drug-likeness (QED) is 0.848. The van der Waals surface area contributed by atoms with Crippen LogP contribution >= 0.6 is 0 Å². The van der Waals surface area contributed by atoms with Crippen LogP contribution in [-0.4, -0.2) is 25.4 Å². The van der Waals surface area contributed by atoms with Gasteiger partial charge >= 0.3 is 0 Å². The lowest BCUT2D eigenvalue weighted by molar-refractivity contribution is 0.0946. The van der Waals surface area contributed by atoms with Crippen molar-refractivity contribution in [3.63, 3.8) is 0 Å². The van der Waals surface area contributed by atoms with Gasteiger partial charge in [0.15, 0.2) is 0 Å². The molecule has 0 saturated heterocycles. The molecule has 2 amide bonds. The second-order valence-corrected chi connectivity index (χ2v) is 4.71. The van der Waals surface area contributed by atoms with Crippen molar-refractivity contribution in [2.75, 3.05) is 13.6 Å². The third kappa shape index (κ3) is 3.96. The van der Waals surface area contributed by atoms with Crippen LogP contribution in [0, 0.1) is 23.5 Å². The minimum Gasteiger partial charge on any atom is -0.355 e. The lowest BCUT2D eigenvalue weighted by Crippen LogP contribution is -2.25. The fourth-order valence-corrected chi connectivity index (χ4v) is 1.99. The molecule has 0 aliphatic rings. The zero-order valence-corrected chi connectivity index (χ0v) is 12.8. The SMILES string of the molecule is CNC(=O)c1ccccc1C#CCNC(=O)c1c(F)cccc1F. The Morgan fingerprint density at radius 2 is 1.67 bits per heavy atom. The van der Waals surface area contributed by atoms with Crippen LogP contribution < -0.4 is 10.6 Å². The van der Waals surface area contributed by atoms with E-state index in [-0.39, 0.29) is 12.5 Å². The second-order valence-electron chi connectivity index (χ2n) is 4.71. The largest absolute Gasteiger partial charge is 0.355 e. The van der Waals surface area contributed by atoms with Crippen LogP contribution in [0.25, 0.3) is 0 Å². The first-order valence-corrected chi connectivity index (χ1v) is 7.06. The molecule has 0 bridgehead atoms. The highest BCUT2D eigenvalue weighted by atomic mass is 19.1. The summed E-state index contributed by atoms with van der Waals surface area (Å²) in [6.07, 6.45) is 0. The van der Waals surface area contributed by atoms with Crippen LogP contribution in [-0.2, 0) is 0 Å². The Kier molecular flexibility index (Phi) is 5.63. The highest BCUT2D eigenvalue weighted by molar-refractivity contribution is 5.96. The molecule has 24 heavy (non-hydrogen) atoms. The number of hydrogen-bond acceptors (Lipinski definition) is 2. The molecule has 0 aromatic heterocycles. The van der Waals surface area contributed by atoms with E-state index in [0.29, 0.717) is 11.1 Å². The number of benzene rings is 2. The van der Waals surface area contributed by atoms with E-state index in [4.69, 9.17) is 0 Å². The maximum absolute atomic E-state index is 13.5. The first kappa shape index (κ1) is 17.2. The van der Waals surface area contributed by atoms with E-state index >= 15 is 0 Å². The number of hydrogen-bond donors (Lipinski definition) is 2. The molecule has 0 fully saturated rings. The van der Waals surface area contributed by atoms with Gasteiger partial charge in [0.1, 0.15) is 17.2 Å². The van der Waals surface area contributed by atoms with Crippen molar-refractivity contribution < 1.29 is 18.4 Å². The Bertz CT molecular complexity index is 818. The summed E-state index contributed by atoms with van der Waals surface area (Å²) < 4.78 is 26.9. The molecule has 0 heterocycles. The topological polar surface area (TPSA) is 58.2 Å². The van der Waals surface area contributed by atoms with Gasteiger partial charge in [0.2, 0.25) is 0 Å². The van der Waals surface area contributed by atoms with Crippen LogP contribution in [0.1, 0.15) is 26.3 Å². The molecular weight excluding hydrogens is 314 g/mol.